The Hall–Kier alpha value is -3.37. The SMILES string of the molecule is COC(=O)c1ccccc1NC(=O)CSc1nc2c(C)cccc2cc1C#N. The van der Waals surface area contributed by atoms with Crippen molar-refractivity contribution in [3.8, 4) is 6.07 Å². The van der Waals surface area contributed by atoms with Crippen molar-refractivity contribution >= 4 is 40.2 Å². The predicted octanol–water partition coefficient (Wildman–Crippen LogP) is 3.93. The Labute approximate surface area is 166 Å². The fraction of sp³-hybridized carbons (Fsp3) is 0.143. The van der Waals surface area contributed by atoms with Crippen LogP contribution in [0, 0.1) is 18.3 Å². The van der Waals surface area contributed by atoms with Gasteiger partial charge in [-0.15, -0.1) is 0 Å². The molecule has 0 fully saturated rings. The van der Waals surface area contributed by atoms with Crippen molar-refractivity contribution in [3.63, 3.8) is 0 Å². The zero-order valence-corrected chi connectivity index (χ0v) is 16.2. The molecule has 2 aromatic carbocycles. The minimum absolute atomic E-state index is 0.0502. The second-order valence-electron chi connectivity index (χ2n) is 5.97. The Morgan fingerprint density at radius 1 is 1.21 bits per heavy atom. The predicted molar refractivity (Wildman–Crippen MR) is 108 cm³/mol. The van der Waals surface area contributed by atoms with E-state index < -0.39 is 5.97 Å². The molecule has 7 heteroatoms. The van der Waals surface area contributed by atoms with Gasteiger partial charge in [-0.05, 0) is 30.7 Å². The molecule has 1 amide bonds. The van der Waals surface area contributed by atoms with Crippen molar-refractivity contribution in [3.05, 3.63) is 65.2 Å². The normalized spacial score (nSPS) is 10.3. The molecule has 140 valence electrons. The maximum absolute atomic E-state index is 12.4. The number of fused-ring (bicyclic) bond motifs is 1. The number of nitrogens with zero attached hydrogens (tertiary/aromatic N) is 2. The number of hydrogen-bond donors (Lipinski definition) is 1. The zero-order chi connectivity index (χ0) is 20.1. The third kappa shape index (κ3) is 4.13. The number of thioether (sulfide) groups is 1. The number of benzene rings is 2. The van der Waals surface area contributed by atoms with Crippen LogP contribution >= 0.6 is 11.8 Å². The van der Waals surface area contributed by atoms with Crippen LogP contribution in [0.3, 0.4) is 0 Å². The summed E-state index contributed by atoms with van der Waals surface area (Å²) in [4.78, 5) is 28.8. The molecule has 0 unspecified atom stereocenters. The number of aromatic nitrogens is 1. The zero-order valence-electron chi connectivity index (χ0n) is 15.4. The topological polar surface area (TPSA) is 92.1 Å². The number of carbonyl (C=O) groups is 2. The first-order chi connectivity index (χ1) is 13.5. The first kappa shape index (κ1) is 19.4. The first-order valence-electron chi connectivity index (χ1n) is 8.44. The van der Waals surface area contributed by atoms with Crippen LogP contribution in [0.4, 0.5) is 5.69 Å². The maximum Gasteiger partial charge on any atom is 0.339 e. The van der Waals surface area contributed by atoms with Crippen LogP contribution in [0.2, 0.25) is 0 Å². The van der Waals surface area contributed by atoms with Crippen molar-refractivity contribution in [2.45, 2.75) is 11.9 Å². The number of pyridine rings is 1. The number of aryl methyl sites for hydroxylation is 1. The summed E-state index contributed by atoms with van der Waals surface area (Å²) in [6.07, 6.45) is 0. The van der Waals surface area contributed by atoms with Gasteiger partial charge in [-0.1, -0.05) is 42.1 Å². The summed E-state index contributed by atoms with van der Waals surface area (Å²) in [5.41, 5.74) is 2.88. The van der Waals surface area contributed by atoms with Gasteiger partial charge in [-0.3, -0.25) is 4.79 Å². The van der Waals surface area contributed by atoms with Gasteiger partial charge in [0.05, 0.1) is 35.2 Å². The largest absolute Gasteiger partial charge is 0.465 e. The van der Waals surface area contributed by atoms with Crippen LogP contribution in [0.1, 0.15) is 21.5 Å². The summed E-state index contributed by atoms with van der Waals surface area (Å²) < 4.78 is 4.73. The number of carbonyl (C=O) groups excluding carboxylic acids is 2. The van der Waals surface area contributed by atoms with Gasteiger partial charge in [0.1, 0.15) is 11.1 Å². The van der Waals surface area contributed by atoms with E-state index in [4.69, 9.17) is 4.74 Å². The van der Waals surface area contributed by atoms with Crippen molar-refractivity contribution in [2.24, 2.45) is 0 Å². The van der Waals surface area contributed by atoms with Gasteiger partial charge in [0.25, 0.3) is 0 Å². The molecule has 0 spiro atoms. The number of nitrogens with one attached hydrogen (secondary N) is 1. The lowest BCUT2D eigenvalue weighted by Gasteiger charge is -2.10. The number of nitriles is 1. The lowest BCUT2D eigenvalue weighted by molar-refractivity contribution is -0.113. The van der Waals surface area contributed by atoms with E-state index in [1.54, 1.807) is 30.3 Å². The van der Waals surface area contributed by atoms with E-state index in [0.29, 0.717) is 16.3 Å². The second kappa shape index (κ2) is 8.55. The van der Waals surface area contributed by atoms with Gasteiger partial charge < -0.3 is 10.1 Å². The smallest absolute Gasteiger partial charge is 0.339 e. The van der Waals surface area contributed by atoms with Crippen LogP contribution in [0.15, 0.2) is 53.6 Å². The molecule has 0 aliphatic rings. The number of esters is 1. The molecule has 1 N–H and O–H groups in total. The second-order valence-corrected chi connectivity index (χ2v) is 6.94. The summed E-state index contributed by atoms with van der Waals surface area (Å²) in [6.45, 7) is 1.95. The van der Waals surface area contributed by atoms with Crippen molar-refractivity contribution in [2.75, 3.05) is 18.2 Å². The third-order valence-corrected chi connectivity index (χ3v) is 5.07. The molecular weight excluding hydrogens is 374 g/mol. The molecule has 0 aliphatic carbocycles. The molecule has 0 bridgehead atoms. The Morgan fingerprint density at radius 3 is 2.75 bits per heavy atom. The third-order valence-electron chi connectivity index (χ3n) is 4.08. The minimum Gasteiger partial charge on any atom is -0.465 e. The molecule has 0 atom stereocenters. The van der Waals surface area contributed by atoms with E-state index in [9.17, 15) is 14.9 Å². The summed E-state index contributed by atoms with van der Waals surface area (Å²) in [7, 11) is 1.29. The number of anilines is 1. The quantitative estimate of drug-likeness (QED) is 0.523. The fourth-order valence-corrected chi connectivity index (χ4v) is 3.48. The molecule has 0 aliphatic heterocycles. The van der Waals surface area contributed by atoms with Gasteiger partial charge in [0.15, 0.2) is 0 Å². The van der Waals surface area contributed by atoms with Gasteiger partial charge in [0, 0.05) is 5.39 Å². The molecule has 3 rings (SSSR count). The van der Waals surface area contributed by atoms with E-state index >= 15 is 0 Å². The van der Waals surface area contributed by atoms with Gasteiger partial charge in [-0.2, -0.15) is 5.26 Å². The summed E-state index contributed by atoms with van der Waals surface area (Å²) in [5, 5.41) is 13.5. The number of para-hydroxylation sites is 2. The molecule has 3 aromatic rings. The summed E-state index contributed by atoms with van der Waals surface area (Å²) in [6, 6.07) is 16.3. The molecular formula is C21H17N3O3S. The van der Waals surface area contributed by atoms with E-state index in [0.717, 1.165) is 16.5 Å². The van der Waals surface area contributed by atoms with Crippen LogP contribution in [-0.4, -0.2) is 29.7 Å². The highest BCUT2D eigenvalue weighted by Gasteiger charge is 2.15. The highest BCUT2D eigenvalue weighted by Crippen LogP contribution is 2.26. The molecule has 0 radical (unpaired) electrons. The number of amides is 1. The van der Waals surface area contributed by atoms with Crippen LogP contribution in [0.5, 0.6) is 0 Å². The Kier molecular flexibility index (Phi) is 5.92. The number of rotatable bonds is 5. The Morgan fingerprint density at radius 2 is 2.00 bits per heavy atom. The molecule has 1 aromatic heterocycles. The van der Waals surface area contributed by atoms with Crippen LogP contribution in [-0.2, 0) is 9.53 Å². The standard InChI is InChI=1S/C21H17N3O3S/c1-13-6-5-7-14-10-15(11-22)20(24-19(13)14)28-12-18(25)23-17-9-4-3-8-16(17)21(26)27-2/h3-10H,12H2,1-2H3,(H,23,25). The average molecular weight is 391 g/mol. The van der Waals surface area contributed by atoms with E-state index in [1.807, 2.05) is 25.1 Å². The van der Waals surface area contributed by atoms with Gasteiger partial charge in [0.2, 0.25) is 5.91 Å². The highest BCUT2D eigenvalue weighted by atomic mass is 32.2. The molecule has 28 heavy (non-hydrogen) atoms. The van der Waals surface area contributed by atoms with E-state index in [-0.39, 0.29) is 17.2 Å². The minimum atomic E-state index is -0.526. The lowest BCUT2D eigenvalue weighted by Crippen LogP contribution is -2.17. The summed E-state index contributed by atoms with van der Waals surface area (Å²) >= 11 is 1.18. The monoisotopic (exact) mass is 391 g/mol. The highest BCUT2D eigenvalue weighted by molar-refractivity contribution is 8.00. The Balaban J connectivity index is 1.78. The van der Waals surface area contributed by atoms with Gasteiger partial charge >= 0.3 is 5.97 Å². The van der Waals surface area contributed by atoms with Crippen molar-refractivity contribution in [1.29, 1.82) is 5.26 Å². The lowest BCUT2D eigenvalue weighted by atomic mass is 10.1. The number of hydrogen-bond acceptors (Lipinski definition) is 6. The van der Waals surface area contributed by atoms with E-state index in [2.05, 4.69) is 16.4 Å². The Bertz CT molecular complexity index is 1110. The number of methoxy groups -OCH3 is 1. The molecule has 0 saturated carbocycles. The fourth-order valence-electron chi connectivity index (χ4n) is 2.72. The van der Waals surface area contributed by atoms with E-state index in [1.165, 1.54) is 18.9 Å². The van der Waals surface area contributed by atoms with Crippen molar-refractivity contribution < 1.29 is 14.3 Å². The first-order valence-corrected chi connectivity index (χ1v) is 9.42. The summed E-state index contributed by atoms with van der Waals surface area (Å²) in [5.74, 6) is -0.784. The van der Waals surface area contributed by atoms with Crippen LogP contribution < -0.4 is 5.32 Å². The maximum atomic E-state index is 12.4. The van der Waals surface area contributed by atoms with Crippen LogP contribution in [0.25, 0.3) is 10.9 Å². The van der Waals surface area contributed by atoms with Gasteiger partial charge in [-0.25, -0.2) is 9.78 Å². The average Bonchev–Trinajstić information content (AvgIpc) is 2.72. The number of ether oxygens (including phenoxy) is 1. The van der Waals surface area contributed by atoms with Crippen molar-refractivity contribution in [1.82, 2.24) is 4.98 Å². The molecule has 1 heterocycles. The molecule has 0 saturated heterocycles. The molecule has 6 nitrogen and oxygen atoms in total.